The molecule has 2 atom stereocenters. The number of hydrogen-bond acceptors (Lipinski definition) is 4. The Morgan fingerprint density at radius 3 is 2.61 bits per heavy atom. The second kappa shape index (κ2) is 9.81. The van der Waals surface area contributed by atoms with E-state index >= 15 is 0 Å². The second-order valence-corrected chi connectivity index (χ2v) is 8.20. The van der Waals surface area contributed by atoms with Gasteiger partial charge in [0.25, 0.3) is 0 Å². The molecule has 1 saturated heterocycles. The van der Waals surface area contributed by atoms with Crippen LogP contribution in [0.15, 0.2) is 42.5 Å². The highest BCUT2D eigenvalue weighted by molar-refractivity contribution is 6.00. The molecule has 1 aliphatic heterocycles. The van der Waals surface area contributed by atoms with Crippen LogP contribution in [0, 0.1) is 17.7 Å². The van der Waals surface area contributed by atoms with Crippen molar-refractivity contribution in [3.05, 3.63) is 53.8 Å². The van der Waals surface area contributed by atoms with E-state index in [1.807, 2.05) is 25.1 Å². The first-order chi connectivity index (χ1) is 14.8. The number of amides is 2. The third-order valence-corrected chi connectivity index (χ3v) is 5.26. The third-order valence-electron chi connectivity index (χ3n) is 5.26. The molecular formula is C24H29FN2O4. The Morgan fingerprint density at radius 2 is 1.94 bits per heavy atom. The molecule has 2 amide bonds. The van der Waals surface area contributed by atoms with Gasteiger partial charge in [-0.2, -0.15) is 0 Å². The molecule has 0 aliphatic carbocycles. The first-order valence-corrected chi connectivity index (χ1v) is 10.5. The molecule has 0 saturated carbocycles. The fourth-order valence-electron chi connectivity index (χ4n) is 3.53. The summed E-state index contributed by atoms with van der Waals surface area (Å²) in [6.07, 6.45) is 0.0538. The highest BCUT2D eigenvalue weighted by atomic mass is 19.1. The van der Waals surface area contributed by atoms with Crippen LogP contribution in [0.3, 0.4) is 0 Å². The van der Waals surface area contributed by atoms with Crippen molar-refractivity contribution in [3.8, 4) is 11.5 Å². The number of hydrogen-bond donors (Lipinski definition) is 1. The monoisotopic (exact) mass is 428 g/mol. The van der Waals surface area contributed by atoms with Crippen molar-refractivity contribution in [2.24, 2.45) is 11.8 Å². The number of methoxy groups -OCH3 is 1. The summed E-state index contributed by atoms with van der Waals surface area (Å²) in [6, 6.07) is 11.4. The van der Waals surface area contributed by atoms with E-state index in [4.69, 9.17) is 9.47 Å². The van der Waals surface area contributed by atoms with E-state index < -0.39 is 11.7 Å². The largest absolute Gasteiger partial charge is 0.493 e. The van der Waals surface area contributed by atoms with Gasteiger partial charge < -0.3 is 19.7 Å². The van der Waals surface area contributed by atoms with Gasteiger partial charge in [-0.1, -0.05) is 32.0 Å². The maximum Gasteiger partial charge on any atom is 0.227 e. The number of para-hydroxylation sites is 1. The van der Waals surface area contributed by atoms with E-state index in [2.05, 4.69) is 19.2 Å². The fraction of sp³-hybridized carbons (Fsp3) is 0.417. The second-order valence-electron chi connectivity index (χ2n) is 8.20. The van der Waals surface area contributed by atoms with Gasteiger partial charge in [0.05, 0.1) is 31.4 Å². The highest BCUT2D eigenvalue weighted by Gasteiger charge is 2.36. The predicted octanol–water partition coefficient (Wildman–Crippen LogP) is 4.10. The lowest BCUT2D eigenvalue weighted by Gasteiger charge is -2.20. The molecule has 166 valence electrons. The average molecular weight is 429 g/mol. The number of ether oxygens (including phenoxy) is 2. The van der Waals surface area contributed by atoms with Crippen LogP contribution in [-0.2, 0) is 9.59 Å². The van der Waals surface area contributed by atoms with Gasteiger partial charge in [0.1, 0.15) is 5.82 Å². The van der Waals surface area contributed by atoms with Crippen LogP contribution in [0.1, 0.15) is 38.8 Å². The maximum atomic E-state index is 14.1. The number of anilines is 1. The van der Waals surface area contributed by atoms with E-state index in [1.165, 1.54) is 11.0 Å². The minimum Gasteiger partial charge on any atom is -0.493 e. The predicted molar refractivity (Wildman–Crippen MR) is 117 cm³/mol. The van der Waals surface area contributed by atoms with Crippen molar-refractivity contribution in [2.75, 3.05) is 25.2 Å². The number of carbonyl (C=O) groups is 2. The number of benzene rings is 2. The summed E-state index contributed by atoms with van der Waals surface area (Å²) in [5, 5.41) is 2.96. The molecule has 2 aromatic carbocycles. The Kier molecular flexibility index (Phi) is 7.15. The number of nitrogens with one attached hydrogen (secondary N) is 1. The van der Waals surface area contributed by atoms with E-state index in [9.17, 15) is 14.0 Å². The van der Waals surface area contributed by atoms with Gasteiger partial charge in [-0.15, -0.1) is 0 Å². The van der Waals surface area contributed by atoms with Crippen molar-refractivity contribution in [1.82, 2.24) is 5.32 Å². The minimum atomic E-state index is -0.537. The topological polar surface area (TPSA) is 67.9 Å². The number of carbonyl (C=O) groups excluding carboxylic acids is 2. The summed E-state index contributed by atoms with van der Waals surface area (Å²) in [5.74, 6) is 0.134. The Bertz CT molecular complexity index is 947. The smallest absolute Gasteiger partial charge is 0.227 e. The van der Waals surface area contributed by atoms with Crippen molar-refractivity contribution in [2.45, 2.75) is 33.2 Å². The molecule has 1 N–H and O–H groups in total. The average Bonchev–Trinajstić information content (AvgIpc) is 3.13. The van der Waals surface area contributed by atoms with Gasteiger partial charge >= 0.3 is 0 Å². The van der Waals surface area contributed by atoms with Crippen molar-refractivity contribution in [3.63, 3.8) is 0 Å². The first kappa shape index (κ1) is 22.6. The number of rotatable bonds is 8. The van der Waals surface area contributed by atoms with Gasteiger partial charge in [0.2, 0.25) is 11.8 Å². The van der Waals surface area contributed by atoms with Gasteiger partial charge in [0.15, 0.2) is 11.5 Å². The lowest BCUT2D eigenvalue weighted by atomic mass is 10.0. The van der Waals surface area contributed by atoms with Crippen LogP contribution in [-0.4, -0.2) is 32.1 Å². The molecule has 0 spiro atoms. The zero-order valence-corrected chi connectivity index (χ0v) is 18.4. The molecule has 7 heteroatoms. The van der Waals surface area contributed by atoms with Crippen molar-refractivity contribution in [1.29, 1.82) is 0 Å². The standard InChI is InChI=1S/C24H29FN2O4/c1-15(2)14-31-21-10-9-17(11-22(21)30-4)16(3)26-24(29)18-12-23(28)27(13-18)20-8-6-5-7-19(20)25/h5-11,15-16,18H,12-14H2,1-4H3,(H,26,29). The van der Waals surface area contributed by atoms with E-state index in [0.29, 0.717) is 24.0 Å². The molecule has 0 radical (unpaired) electrons. The normalized spacial score (nSPS) is 17.0. The molecule has 0 aromatic heterocycles. The van der Waals surface area contributed by atoms with Crippen LogP contribution in [0.5, 0.6) is 11.5 Å². The first-order valence-electron chi connectivity index (χ1n) is 10.5. The molecule has 1 fully saturated rings. The van der Waals surface area contributed by atoms with Crippen molar-refractivity contribution < 1.29 is 23.5 Å². The molecular weight excluding hydrogens is 399 g/mol. The zero-order valence-electron chi connectivity index (χ0n) is 18.4. The summed E-state index contributed by atoms with van der Waals surface area (Å²) in [5.41, 5.74) is 1.06. The summed E-state index contributed by atoms with van der Waals surface area (Å²) >= 11 is 0. The van der Waals surface area contributed by atoms with E-state index in [0.717, 1.165) is 5.56 Å². The molecule has 2 unspecified atom stereocenters. The van der Waals surface area contributed by atoms with Gasteiger partial charge in [-0.05, 0) is 42.7 Å². The van der Waals surface area contributed by atoms with E-state index in [1.54, 1.807) is 25.3 Å². The highest BCUT2D eigenvalue weighted by Crippen LogP contribution is 2.31. The molecule has 2 aromatic rings. The maximum absolute atomic E-state index is 14.1. The zero-order chi connectivity index (χ0) is 22.5. The summed E-state index contributed by atoms with van der Waals surface area (Å²) in [4.78, 5) is 26.5. The van der Waals surface area contributed by atoms with Crippen LogP contribution < -0.4 is 19.7 Å². The summed E-state index contributed by atoms with van der Waals surface area (Å²) in [6.45, 7) is 6.74. The Morgan fingerprint density at radius 1 is 1.19 bits per heavy atom. The van der Waals surface area contributed by atoms with E-state index in [-0.39, 0.29) is 36.5 Å². The van der Waals surface area contributed by atoms with Crippen LogP contribution in [0.4, 0.5) is 10.1 Å². The van der Waals surface area contributed by atoms with Gasteiger partial charge in [-0.25, -0.2) is 4.39 Å². The summed E-state index contributed by atoms with van der Waals surface area (Å²) < 4.78 is 25.3. The number of halogens is 1. The SMILES string of the molecule is COc1cc(C(C)NC(=O)C2CC(=O)N(c3ccccc3F)C2)ccc1OCC(C)C. The van der Waals surface area contributed by atoms with Crippen molar-refractivity contribution >= 4 is 17.5 Å². The lowest BCUT2D eigenvalue weighted by molar-refractivity contribution is -0.126. The molecule has 1 aliphatic rings. The molecule has 31 heavy (non-hydrogen) atoms. The van der Waals surface area contributed by atoms with Gasteiger partial charge in [0, 0.05) is 13.0 Å². The Balaban J connectivity index is 1.65. The molecule has 0 bridgehead atoms. The lowest BCUT2D eigenvalue weighted by Crippen LogP contribution is -2.34. The quantitative estimate of drug-likeness (QED) is 0.687. The Labute approximate surface area is 182 Å². The minimum absolute atomic E-state index is 0.0538. The van der Waals surface area contributed by atoms with Crippen LogP contribution >= 0.6 is 0 Å². The van der Waals surface area contributed by atoms with Gasteiger partial charge in [-0.3, -0.25) is 9.59 Å². The molecule has 6 nitrogen and oxygen atoms in total. The number of nitrogens with zero attached hydrogens (tertiary/aromatic N) is 1. The third kappa shape index (κ3) is 5.34. The molecule has 1 heterocycles. The fourth-order valence-corrected chi connectivity index (χ4v) is 3.53. The molecule has 3 rings (SSSR count). The Hall–Kier alpha value is -3.09. The summed E-state index contributed by atoms with van der Waals surface area (Å²) in [7, 11) is 1.58. The van der Waals surface area contributed by atoms with Crippen LogP contribution in [0.25, 0.3) is 0 Å². The van der Waals surface area contributed by atoms with Crippen LogP contribution in [0.2, 0.25) is 0 Å².